The van der Waals surface area contributed by atoms with Crippen LogP contribution in [0.1, 0.15) is 29.8 Å². The second kappa shape index (κ2) is 8.79. The molecule has 0 radical (unpaired) electrons. The van der Waals surface area contributed by atoms with Gasteiger partial charge in [0.05, 0.1) is 40.6 Å². The van der Waals surface area contributed by atoms with Crippen LogP contribution < -0.4 is 10.2 Å². The second-order valence-corrected chi connectivity index (χ2v) is 10.5. The molecule has 2 N–H and O–H groups in total. The van der Waals surface area contributed by atoms with E-state index >= 15 is 0 Å². The number of pyridine rings is 1. The molecule has 0 amide bonds. The number of nitrogens with zero attached hydrogens (tertiary/aromatic N) is 4. The van der Waals surface area contributed by atoms with Crippen molar-refractivity contribution in [2.24, 2.45) is 0 Å². The summed E-state index contributed by atoms with van der Waals surface area (Å²) >= 11 is 0. The van der Waals surface area contributed by atoms with Crippen molar-refractivity contribution in [1.82, 2.24) is 15.2 Å². The molecule has 1 aromatic carbocycles. The summed E-state index contributed by atoms with van der Waals surface area (Å²) in [6.07, 6.45) is 1.70. The Kier molecular flexibility index (Phi) is 6.19. The van der Waals surface area contributed by atoms with Gasteiger partial charge in [-0.25, -0.2) is 8.42 Å². The molecule has 0 unspecified atom stereocenters. The number of rotatable bonds is 6. The third-order valence-corrected chi connectivity index (χ3v) is 7.45. The van der Waals surface area contributed by atoms with Gasteiger partial charge in [0.2, 0.25) is 0 Å². The van der Waals surface area contributed by atoms with Crippen LogP contribution in [-0.4, -0.2) is 59.9 Å². The van der Waals surface area contributed by atoms with E-state index in [0.29, 0.717) is 41.1 Å². The Labute approximate surface area is 190 Å². The fourth-order valence-electron chi connectivity index (χ4n) is 3.81. The van der Waals surface area contributed by atoms with E-state index in [1.54, 1.807) is 19.2 Å². The highest BCUT2D eigenvalue weighted by Crippen LogP contribution is 2.32. The summed E-state index contributed by atoms with van der Waals surface area (Å²) in [4.78, 5) is 6.50. The lowest BCUT2D eigenvalue weighted by Gasteiger charge is -2.28. The van der Waals surface area contributed by atoms with Gasteiger partial charge in [-0.3, -0.25) is 4.98 Å². The number of hydrogen-bond donors (Lipinski definition) is 2. The van der Waals surface area contributed by atoms with Crippen molar-refractivity contribution >= 4 is 32.2 Å². The number of aliphatic hydroxyl groups is 1. The Morgan fingerprint density at radius 3 is 2.64 bits per heavy atom. The minimum atomic E-state index is -3.33. The predicted octanol–water partition coefficient (Wildman–Crippen LogP) is 2.83. The number of halogens is 2. The van der Waals surface area contributed by atoms with Gasteiger partial charge < -0.3 is 15.3 Å². The van der Waals surface area contributed by atoms with Crippen LogP contribution in [0.3, 0.4) is 0 Å². The molecule has 2 aromatic heterocycles. The average molecular weight is 478 g/mol. The van der Waals surface area contributed by atoms with Gasteiger partial charge in [0.1, 0.15) is 6.61 Å². The third kappa shape index (κ3) is 4.88. The largest absolute Gasteiger partial charge is 0.390 e. The molecule has 0 aliphatic carbocycles. The first kappa shape index (κ1) is 23.2. The third-order valence-electron chi connectivity index (χ3n) is 5.84. The highest BCUT2D eigenvalue weighted by atomic mass is 32.2. The molecule has 4 rings (SSSR count). The van der Waals surface area contributed by atoms with Gasteiger partial charge in [-0.1, -0.05) is 18.2 Å². The molecule has 8 nitrogen and oxygen atoms in total. The van der Waals surface area contributed by atoms with Crippen molar-refractivity contribution in [3.8, 4) is 0 Å². The summed E-state index contributed by atoms with van der Waals surface area (Å²) in [6, 6.07) is 7.39. The fraction of sp³-hybridized carbons (Fsp3) is 0.409. The van der Waals surface area contributed by atoms with Crippen LogP contribution >= 0.6 is 0 Å². The van der Waals surface area contributed by atoms with Gasteiger partial charge >= 0.3 is 0 Å². The standard InChI is InChI=1S/C22H25F2N5O3S/c1-14(16-4-3-5-17(10-16)22(23,24)13-30)26-21-19-11-18(12-25-20(19)15(2)27-28-21)29-6-8-33(31,32)9-7-29/h3-5,10-12,14,30H,6-9,13H2,1-2H3,(H,26,28)/t14-/m1/s1. The first-order chi connectivity index (χ1) is 15.6. The topological polar surface area (TPSA) is 108 Å². The van der Waals surface area contributed by atoms with Gasteiger partial charge in [0.15, 0.2) is 15.7 Å². The van der Waals surface area contributed by atoms with Gasteiger partial charge in [0, 0.05) is 24.0 Å². The summed E-state index contributed by atoms with van der Waals surface area (Å²) in [5.41, 5.74) is 2.40. The molecular weight excluding hydrogens is 452 g/mol. The van der Waals surface area contributed by atoms with Crippen LogP contribution in [0.15, 0.2) is 36.5 Å². The number of benzene rings is 1. The minimum Gasteiger partial charge on any atom is -0.390 e. The summed E-state index contributed by atoms with van der Waals surface area (Å²) in [6.45, 7) is 3.12. The molecule has 1 aliphatic heterocycles. The van der Waals surface area contributed by atoms with E-state index in [2.05, 4.69) is 20.5 Å². The lowest BCUT2D eigenvalue weighted by Crippen LogP contribution is -2.40. The number of aromatic nitrogens is 3. The number of fused-ring (bicyclic) bond motifs is 1. The maximum absolute atomic E-state index is 13.9. The Morgan fingerprint density at radius 2 is 1.94 bits per heavy atom. The average Bonchev–Trinajstić information content (AvgIpc) is 2.80. The highest BCUT2D eigenvalue weighted by Gasteiger charge is 2.31. The lowest BCUT2D eigenvalue weighted by atomic mass is 10.0. The van der Waals surface area contributed by atoms with Crippen LogP contribution in [0.25, 0.3) is 10.9 Å². The number of aliphatic hydroxyl groups excluding tert-OH is 1. The Hall–Kier alpha value is -2.92. The van der Waals surface area contributed by atoms with Crippen molar-refractivity contribution in [3.05, 3.63) is 53.3 Å². The van der Waals surface area contributed by atoms with Crippen LogP contribution in [0.5, 0.6) is 0 Å². The van der Waals surface area contributed by atoms with Gasteiger partial charge in [-0.15, -0.1) is 5.10 Å². The molecule has 0 bridgehead atoms. The zero-order chi connectivity index (χ0) is 23.8. The van der Waals surface area contributed by atoms with E-state index in [-0.39, 0.29) is 23.1 Å². The maximum Gasteiger partial charge on any atom is 0.295 e. The summed E-state index contributed by atoms with van der Waals surface area (Å²) in [5, 5.41) is 21.4. The smallest absolute Gasteiger partial charge is 0.295 e. The van der Waals surface area contributed by atoms with Crippen molar-refractivity contribution < 1.29 is 22.3 Å². The number of sulfone groups is 1. The minimum absolute atomic E-state index is 0.0929. The highest BCUT2D eigenvalue weighted by molar-refractivity contribution is 7.91. The fourth-order valence-corrected chi connectivity index (χ4v) is 5.02. The van der Waals surface area contributed by atoms with E-state index < -0.39 is 22.4 Å². The van der Waals surface area contributed by atoms with Crippen molar-refractivity contribution in [3.63, 3.8) is 0 Å². The normalized spacial score (nSPS) is 17.2. The Bertz CT molecular complexity index is 1270. The van der Waals surface area contributed by atoms with Crippen LogP contribution in [0, 0.1) is 6.92 Å². The number of hydrogen-bond acceptors (Lipinski definition) is 8. The molecule has 0 saturated carbocycles. The number of nitrogens with one attached hydrogen (secondary N) is 1. The molecule has 1 aliphatic rings. The predicted molar refractivity (Wildman–Crippen MR) is 122 cm³/mol. The summed E-state index contributed by atoms with van der Waals surface area (Å²) in [7, 11) is -3.01. The molecule has 1 atom stereocenters. The lowest BCUT2D eigenvalue weighted by molar-refractivity contribution is -0.0556. The maximum atomic E-state index is 13.9. The first-order valence-corrected chi connectivity index (χ1v) is 12.4. The van der Waals surface area contributed by atoms with Crippen molar-refractivity contribution in [2.75, 3.05) is 41.4 Å². The van der Waals surface area contributed by atoms with E-state index in [1.165, 1.54) is 18.2 Å². The molecular formula is C22H25F2N5O3S. The van der Waals surface area contributed by atoms with Crippen LogP contribution in [-0.2, 0) is 15.8 Å². The molecule has 0 spiro atoms. The van der Waals surface area contributed by atoms with Gasteiger partial charge in [0.25, 0.3) is 5.92 Å². The first-order valence-electron chi connectivity index (χ1n) is 10.5. The van der Waals surface area contributed by atoms with E-state index in [9.17, 15) is 17.2 Å². The molecule has 3 aromatic rings. The molecule has 33 heavy (non-hydrogen) atoms. The number of alkyl halides is 2. The molecule has 11 heteroatoms. The number of aryl methyl sites for hydroxylation is 1. The molecule has 1 saturated heterocycles. The van der Waals surface area contributed by atoms with Crippen LogP contribution in [0.4, 0.5) is 20.3 Å². The van der Waals surface area contributed by atoms with Gasteiger partial charge in [-0.2, -0.15) is 13.9 Å². The van der Waals surface area contributed by atoms with E-state index in [4.69, 9.17) is 5.11 Å². The van der Waals surface area contributed by atoms with Gasteiger partial charge in [-0.05, 0) is 31.5 Å². The molecule has 176 valence electrons. The monoisotopic (exact) mass is 477 g/mol. The zero-order valence-electron chi connectivity index (χ0n) is 18.3. The quantitative estimate of drug-likeness (QED) is 0.558. The van der Waals surface area contributed by atoms with E-state index in [0.717, 1.165) is 5.69 Å². The molecule has 3 heterocycles. The Balaban J connectivity index is 1.65. The Morgan fingerprint density at radius 1 is 1.21 bits per heavy atom. The SMILES string of the molecule is Cc1nnc(N[C@H](C)c2cccc(C(F)(F)CO)c2)c2cc(N3CCS(=O)(=O)CC3)cnc12. The van der Waals surface area contributed by atoms with Crippen LogP contribution in [0.2, 0.25) is 0 Å². The van der Waals surface area contributed by atoms with Crippen molar-refractivity contribution in [2.45, 2.75) is 25.8 Å². The van der Waals surface area contributed by atoms with Crippen molar-refractivity contribution in [1.29, 1.82) is 0 Å². The zero-order valence-corrected chi connectivity index (χ0v) is 19.1. The number of anilines is 2. The van der Waals surface area contributed by atoms with E-state index in [1.807, 2.05) is 17.9 Å². The molecule has 1 fully saturated rings. The summed E-state index contributed by atoms with van der Waals surface area (Å²) in [5.74, 6) is -2.70. The second-order valence-electron chi connectivity index (χ2n) is 8.22. The summed E-state index contributed by atoms with van der Waals surface area (Å²) < 4.78 is 51.4.